The van der Waals surface area contributed by atoms with Gasteiger partial charge in [0.1, 0.15) is 0 Å². The van der Waals surface area contributed by atoms with Gasteiger partial charge in [-0.2, -0.15) is 4.31 Å². The topological polar surface area (TPSA) is 82.6 Å². The van der Waals surface area contributed by atoms with Crippen molar-refractivity contribution in [3.8, 4) is 0 Å². The molecular weight excluding hydrogens is 408 g/mol. The van der Waals surface area contributed by atoms with Gasteiger partial charge >= 0.3 is 0 Å². The Hall–Kier alpha value is -1.97. The lowest BCUT2D eigenvalue weighted by atomic mass is 9.98. The number of anilines is 1. The zero-order valence-electron chi connectivity index (χ0n) is 16.3. The highest BCUT2D eigenvalue weighted by Gasteiger charge is 2.27. The standard InChI is InChI=1S/C20H26N4O3S2/c25-19(22-14-16-4-3-10-23(15-16)20-21-9-13-28-20)17-5-7-18(8-6-17)29(26,27)24-11-1-2-12-24/h5-9,13,16H,1-4,10-12,14-15H2,(H,22,25). The fraction of sp³-hybridized carbons (Fsp3) is 0.500. The number of benzene rings is 1. The first-order chi connectivity index (χ1) is 14.0. The molecule has 0 radical (unpaired) electrons. The second-order valence-corrected chi connectivity index (χ2v) is 10.4. The number of carbonyl (C=O) groups excluding carboxylic acids is 1. The maximum atomic E-state index is 12.6. The molecule has 2 aliphatic rings. The monoisotopic (exact) mass is 434 g/mol. The largest absolute Gasteiger partial charge is 0.352 e. The number of aromatic nitrogens is 1. The van der Waals surface area contributed by atoms with Crippen molar-refractivity contribution in [3.05, 3.63) is 41.4 Å². The van der Waals surface area contributed by atoms with E-state index in [9.17, 15) is 13.2 Å². The van der Waals surface area contributed by atoms with E-state index in [4.69, 9.17) is 0 Å². The Balaban J connectivity index is 1.33. The second kappa shape index (κ2) is 8.81. The van der Waals surface area contributed by atoms with Gasteiger partial charge in [-0.3, -0.25) is 4.79 Å². The molecule has 1 amide bonds. The predicted molar refractivity (Wildman–Crippen MR) is 114 cm³/mol. The Kier molecular flexibility index (Phi) is 6.17. The van der Waals surface area contributed by atoms with E-state index in [1.165, 1.54) is 16.4 Å². The molecule has 2 saturated heterocycles. The first-order valence-corrected chi connectivity index (χ1v) is 12.4. The van der Waals surface area contributed by atoms with Crippen LogP contribution >= 0.6 is 11.3 Å². The molecule has 7 nitrogen and oxygen atoms in total. The Morgan fingerprint density at radius 1 is 1.14 bits per heavy atom. The molecule has 3 heterocycles. The molecule has 156 valence electrons. The lowest BCUT2D eigenvalue weighted by Gasteiger charge is -2.32. The highest BCUT2D eigenvalue weighted by atomic mass is 32.2. The van der Waals surface area contributed by atoms with Crippen molar-refractivity contribution in [1.82, 2.24) is 14.6 Å². The number of carbonyl (C=O) groups is 1. The number of hydrogen-bond donors (Lipinski definition) is 1. The summed E-state index contributed by atoms with van der Waals surface area (Å²) < 4.78 is 26.7. The molecule has 1 N–H and O–H groups in total. The molecule has 1 unspecified atom stereocenters. The second-order valence-electron chi connectivity index (χ2n) is 7.61. The molecule has 2 aromatic rings. The number of nitrogens with zero attached hydrogens (tertiary/aromatic N) is 3. The molecule has 1 aromatic carbocycles. The lowest BCUT2D eigenvalue weighted by Crippen LogP contribution is -2.41. The van der Waals surface area contributed by atoms with Crippen molar-refractivity contribution in [2.24, 2.45) is 5.92 Å². The molecule has 0 spiro atoms. The quantitative estimate of drug-likeness (QED) is 0.756. The fourth-order valence-corrected chi connectivity index (χ4v) is 6.17. The molecule has 0 saturated carbocycles. The van der Waals surface area contributed by atoms with Crippen molar-refractivity contribution in [3.63, 3.8) is 0 Å². The minimum absolute atomic E-state index is 0.165. The Bertz CT molecular complexity index is 923. The van der Waals surface area contributed by atoms with Crippen LogP contribution < -0.4 is 10.2 Å². The van der Waals surface area contributed by atoms with Crippen LogP contribution in [0.2, 0.25) is 0 Å². The van der Waals surface area contributed by atoms with Crippen molar-refractivity contribution >= 4 is 32.4 Å². The normalized spacial score (nSPS) is 20.7. The smallest absolute Gasteiger partial charge is 0.251 e. The molecule has 0 aliphatic carbocycles. The molecular formula is C20H26N4O3S2. The molecule has 0 bridgehead atoms. The third kappa shape index (κ3) is 4.62. The number of sulfonamides is 1. The molecule has 9 heteroatoms. The van der Waals surface area contributed by atoms with E-state index in [1.54, 1.807) is 23.5 Å². The Labute approximate surface area is 175 Å². The van der Waals surface area contributed by atoms with Gasteiger partial charge in [-0.05, 0) is 55.9 Å². The van der Waals surface area contributed by atoms with Gasteiger partial charge in [-0.1, -0.05) is 0 Å². The van der Waals surface area contributed by atoms with Crippen molar-refractivity contribution in [2.75, 3.05) is 37.6 Å². The average Bonchev–Trinajstić information content (AvgIpc) is 3.47. The Morgan fingerprint density at radius 3 is 2.59 bits per heavy atom. The molecule has 29 heavy (non-hydrogen) atoms. The van der Waals surface area contributed by atoms with E-state index in [1.807, 2.05) is 11.6 Å². The zero-order chi connectivity index (χ0) is 20.3. The summed E-state index contributed by atoms with van der Waals surface area (Å²) in [7, 11) is -3.45. The predicted octanol–water partition coefficient (Wildman–Crippen LogP) is 2.57. The molecule has 2 aliphatic heterocycles. The number of thiazole rings is 1. The lowest BCUT2D eigenvalue weighted by molar-refractivity contribution is 0.0945. The van der Waals surface area contributed by atoms with Gasteiger partial charge in [-0.15, -0.1) is 11.3 Å². The van der Waals surface area contributed by atoms with Crippen LogP contribution in [0.15, 0.2) is 40.7 Å². The Morgan fingerprint density at radius 2 is 1.90 bits per heavy atom. The average molecular weight is 435 g/mol. The van der Waals surface area contributed by atoms with Crippen molar-refractivity contribution < 1.29 is 13.2 Å². The van der Waals surface area contributed by atoms with E-state index in [-0.39, 0.29) is 10.8 Å². The van der Waals surface area contributed by atoms with Crippen LogP contribution in [0.3, 0.4) is 0 Å². The van der Waals surface area contributed by atoms with E-state index in [0.29, 0.717) is 31.1 Å². The number of rotatable bonds is 6. The molecule has 1 aromatic heterocycles. The summed E-state index contributed by atoms with van der Waals surface area (Å²) in [6.07, 6.45) is 5.79. The molecule has 4 rings (SSSR count). The van der Waals surface area contributed by atoms with Crippen LogP contribution in [0, 0.1) is 5.92 Å². The summed E-state index contributed by atoms with van der Waals surface area (Å²) in [6, 6.07) is 6.27. The van der Waals surface area contributed by atoms with Crippen LogP contribution in [-0.2, 0) is 10.0 Å². The van der Waals surface area contributed by atoms with Crippen LogP contribution in [0.5, 0.6) is 0 Å². The highest BCUT2D eigenvalue weighted by Crippen LogP contribution is 2.25. The number of amides is 1. The molecule has 1 atom stereocenters. The number of hydrogen-bond acceptors (Lipinski definition) is 6. The number of nitrogens with one attached hydrogen (secondary N) is 1. The summed E-state index contributed by atoms with van der Waals surface area (Å²) in [6.45, 7) is 3.65. The summed E-state index contributed by atoms with van der Waals surface area (Å²) >= 11 is 1.64. The van der Waals surface area contributed by atoms with Crippen LogP contribution in [-0.4, -0.2) is 56.3 Å². The van der Waals surface area contributed by atoms with Gasteiger partial charge in [0, 0.05) is 49.9 Å². The van der Waals surface area contributed by atoms with Crippen LogP contribution in [0.25, 0.3) is 0 Å². The third-order valence-electron chi connectivity index (χ3n) is 5.58. The van der Waals surface area contributed by atoms with Crippen molar-refractivity contribution in [1.29, 1.82) is 0 Å². The van der Waals surface area contributed by atoms with Gasteiger partial charge in [0.25, 0.3) is 5.91 Å². The summed E-state index contributed by atoms with van der Waals surface area (Å²) in [5, 5.41) is 6.02. The van der Waals surface area contributed by atoms with E-state index in [2.05, 4.69) is 15.2 Å². The van der Waals surface area contributed by atoms with Gasteiger partial charge < -0.3 is 10.2 Å². The molecule has 2 fully saturated rings. The maximum Gasteiger partial charge on any atom is 0.251 e. The summed E-state index contributed by atoms with van der Waals surface area (Å²) in [5.41, 5.74) is 0.484. The third-order valence-corrected chi connectivity index (χ3v) is 8.32. The van der Waals surface area contributed by atoms with Gasteiger partial charge in [0.2, 0.25) is 10.0 Å². The first-order valence-electron chi connectivity index (χ1n) is 10.1. The van der Waals surface area contributed by atoms with Gasteiger partial charge in [0.05, 0.1) is 4.90 Å². The fourth-order valence-electron chi connectivity index (χ4n) is 3.97. The van der Waals surface area contributed by atoms with Crippen LogP contribution in [0.1, 0.15) is 36.0 Å². The van der Waals surface area contributed by atoms with Gasteiger partial charge in [-0.25, -0.2) is 13.4 Å². The zero-order valence-corrected chi connectivity index (χ0v) is 17.9. The van der Waals surface area contributed by atoms with E-state index >= 15 is 0 Å². The van der Waals surface area contributed by atoms with Crippen molar-refractivity contribution in [2.45, 2.75) is 30.6 Å². The SMILES string of the molecule is O=C(NCC1CCCN(c2nccs2)C1)c1ccc(S(=O)(=O)N2CCCC2)cc1. The number of piperidine rings is 1. The van der Waals surface area contributed by atoms with Crippen LogP contribution in [0.4, 0.5) is 5.13 Å². The minimum Gasteiger partial charge on any atom is -0.352 e. The minimum atomic E-state index is -3.45. The summed E-state index contributed by atoms with van der Waals surface area (Å²) in [5.74, 6) is 0.216. The highest BCUT2D eigenvalue weighted by molar-refractivity contribution is 7.89. The maximum absolute atomic E-state index is 12.6. The summed E-state index contributed by atoms with van der Waals surface area (Å²) in [4.78, 5) is 19.4. The van der Waals surface area contributed by atoms with E-state index in [0.717, 1.165) is 43.9 Å². The van der Waals surface area contributed by atoms with E-state index < -0.39 is 10.0 Å². The first kappa shape index (κ1) is 20.3. The van der Waals surface area contributed by atoms with Gasteiger partial charge in [0.15, 0.2) is 5.13 Å².